The lowest BCUT2D eigenvalue weighted by molar-refractivity contribution is 0.0472. The Morgan fingerprint density at radius 2 is 1.83 bits per heavy atom. The van der Waals surface area contributed by atoms with Crippen LogP contribution < -0.4 is 5.63 Å². The van der Waals surface area contributed by atoms with E-state index in [4.69, 9.17) is 9.15 Å². The number of carbonyl (C=O) groups excluding carboxylic acids is 1. The number of fused-ring (bicyclic) bond motifs is 1. The summed E-state index contributed by atoms with van der Waals surface area (Å²) >= 11 is 0. The second-order valence-corrected chi connectivity index (χ2v) is 9.27. The van der Waals surface area contributed by atoms with Crippen LogP contribution in [0.5, 0.6) is 0 Å². The van der Waals surface area contributed by atoms with E-state index in [2.05, 4.69) is 0 Å². The Kier molecular flexibility index (Phi) is 6.09. The van der Waals surface area contributed by atoms with Crippen molar-refractivity contribution in [1.29, 1.82) is 0 Å². The Balaban J connectivity index is 1.90. The second-order valence-electron chi connectivity index (χ2n) is 7.12. The van der Waals surface area contributed by atoms with E-state index in [0.29, 0.717) is 22.1 Å². The fourth-order valence-corrected chi connectivity index (χ4v) is 3.96. The van der Waals surface area contributed by atoms with Gasteiger partial charge in [0.1, 0.15) is 12.2 Å². The van der Waals surface area contributed by atoms with Gasteiger partial charge in [0.15, 0.2) is 0 Å². The largest absolute Gasteiger partial charge is 0.457 e. The molecule has 0 atom stereocenters. The average molecular weight is 429 g/mol. The number of nitrogens with zero attached hydrogens (tertiary/aromatic N) is 1. The highest BCUT2D eigenvalue weighted by molar-refractivity contribution is 7.89. The topological polar surface area (TPSA) is 93.9 Å². The summed E-state index contributed by atoms with van der Waals surface area (Å²) in [7, 11) is -0.846. The summed E-state index contributed by atoms with van der Waals surface area (Å²) < 4.78 is 36.5. The van der Waals surface area contributed by atoms with Gasteiger partial charge >= 0.3 is 11.6 Å². The van der Waals surface area contributed by atoms with Gasteiger partial charge in [-0.15, -0.1) is 0 Å². The Morgan fingerprint density at radius 3 is 2.50 bits per heavy atom. The van der Waals surface area contributed by atoms with Gasteiger partial charge in [0.25, 0.3) is 0 Å². The number of benzene rings is 2. The molecule has 0 spiro atoms. The van der Waals surface area contributed by atoms with E-state index in [1.807, 2.05) is 19.1 Å². The zero-order chi connectivity index (χ0) is 22.1. The molecule has 0 N–H and O–H groups in total. The number of hydrogen-bond donors (Lipinski definition) is 0. The highest BCUT2D eigenvalue weighted by Gasteiger charge is 2.21. The zero-order valence-corrected chi connectivity index (χ0v) is 18.1. The first kappa shape index (κ1) is 21.7. The lowest BCUT2D eigenvalue weighted by Crippen LogP contribution is -2.22. The third-order valence-electron chi connectivity index (χ3n) is 4.87. The highest BCUT2D eigenvalue weighted by Crippen LogP contribution is 2.22. The predicted molar refractivity (Wildman–Crippen MR) is 113 cm³/mol. The first-order valence-electron chi connectivity index (χ1n) is 9.39. The van der Waals surface area contributed by atoms with E-state index in [9.17, 15) is 18.0 Å². The van der Waals surface area contributed by atoms with Crippen molar-refractivity contribution < 1.29 is 22.4 Å². The number of rotatable bonds is 6. The summed E-state index contributed by atoms with van der Waals surface area (Å²) in [5.74, 6) is -0.671. The number of hydrogen-bond acceptors (Lipinski definition) is 6. The molecule has 0 saturated heterocycles. The van der Waals surface area contributed by atoms with Gasteiger partial charge in [0.2, 0.25) is 10.0 Å². The van der Waals surface area contributed by atoms with E-state index in [0.717, 1.165) is 16.3 Å². The number of ether oxygens (including phenoxy) is 1. The number of carbonyl (C=O) groups is 1. The van der Waals surface area contributed by atoms with Gasteiger partial charge in [-0.2, -0.15) is 0 Å². The molecule has 0 aliphatic rings. The SMILES string of the molecule is CCc1ccc2c(COC(=O)c3cc(S(=O)(=O)N(C)C)ccc3C)cc(=O)oc2c1. The van der Waals surface area contributed by atoms with Crippen LogP contribution in [-0.4, -0.2) is 32.8 Å². The zero-order valence-electron chi connectivity index (χ0n) is 17.3. The average Bonchev–Trinajstić information content (AvgIpc) is 2.71. The number of sulfonamides is 1. The summed E-state index contributed by atoms with van der Waals surface area (Å²) in [5, 5.41) is 0.681. The van der Waals surface area contributed by atoms with Gasteiger partial charge in [-0.05, 0) is 42.7 Å². The van der Waals surface area contributed by atoms with Crippen molar-refractivity contribution in [2.24, 2.45) is 0 Å². The van der Waals surface area contributed by atoms with Crippen LogP contribution in [0.1, 0.15) is 34.0 Å². The van der Waals surface area contributed by atoms with E-state index >= 15 is 0 Å². The maximum absolute atomic E-state index is 12.7. The fraction of sp³-hybridized carbons (Fsp3) is 0.273. The maximum atomic E-state index is 12.7. The lowest BCUT2D eigenvalue weighted by atomic mass is 10.1. The monoisotopic (exact) mass is 429 g/mol. The molecular weight excluding hydrogens is 406 g/mol. The van der Waals surface area contributed by atoms with Crippen molar-refractivity contribution in [3.8, 4) is 0 Å². The van der Waals surface area contributed by atoms with Gasteiger partial charge in [-0.1, -0.05) is 25.1 Å². The molecule has 2 aromatic carbocycles. The molecule has 0 unspecified atom stereocenters. The molecule has 0 radical (unpaired) electrons. The lowest BCUT2D eigenvalue weighted by Gasteiger charge is -2.14. The van der Waals surface area contributed by atoms with Crippen molar-refractivity contribution in [2.45, 2.75) is 31.8 Å². The van der Waals surface area contributed by atoms with Crippen molar-refractivity contribution in [3.05, 3.63) is 75.1 Å². The minimum Gasteiger partial charge on any atom is -0.457 e. The molecule has 7 nitrogen and oxygen atoms in total. The van der Waals surface area contributed by atoms with Crippen LogP contribution in [0.4, 0.5) is 0 Å². The molecule has 1 heterocycles. The summed E-state index contributed by atoms with van der Waals surface area (Å²) in [6.07, 6.45) is 0.796. The van der Waals surface area contributed by atoms with E-state index < -0.39 is 21.6 Å². The van der Waals surface area contributed by atoms with Crippen LogP contribution in [0.15, 0.2) is 56.6 Å². The normalized spacial score (nSPS) is 11.8. The Morgan fingerprint density at radius 1 is 1.10 bits per heavy atom. The van der Waals surface area contributed by atoms with Crippen molar-refractivity contribution >= 4 is 27.0 Å². The molecule has 1 aromatic heterocycles. The van der Waals surface area contributed by atoms with Gasteiger partial charge in [-0.3, -0.25) is 0 Å². The first-order chi connectivity index (χ1) is 14.1. The molecular formula is C22H23NO6S. The summed E-state index contributed by atoms with van der Waals surface area (Å²) in [5.41, 5.74) is 2.18. The van der Waals surface area contributed by atoms with Gasteiger partial charge in [0.05, 0.1) is 10.5 Å². The predicted octanol–water partition coefficient (Wildman–Crippen LogP) is 3.27. The third kappa shape index (κ3) is 4.29. The quantitative estimate of drug-likeness (QED) is 0.441. The molecule has 0 fully saturated rings. The minimum atomic E-state index is -3.69. The van der Waals surface area contributed by atoms with Crippen LogP contribution in [0.25, 0.3) is 11.0 Å². The molecule has 0 bridgehead atoms. The second kappa shape index (κ2) is 8.41. The third-order valence-corrected chi connectivity index (χ3v) is 6.68. The Hall–Kier alpha value is -2.97. The molecule has 0 aliphatic carbocycles. The number of aryl methyl sites for hydroxylation is 2. The minimum absolute atomic E-state index is 0.00273. The molecule has 30 heavy (non-hydrogen) atoms. The van der Waals surface area contributed by atoms with E-state index in [1.165, 1.54) is 32.3 Å². The van der Waals surface area contributed by atoms with Crippen molar-refractivity contribution in [3.63, 3.8) is 0 Å². The molecule has 0 amide bonds. The molecule has 0 aliphatic heterocycles. The molecule has 8 heteroatoms. The first-order valence-corrected chi connectivity index (χ1v) is 10.8. The van der Waals surface area contributed by atoms with E-state index in [1.54, 1.807) is 19.1 Å². The standard InChI is InChI=1S/C22H23NO6S/c1-5-15-7-9-18-16(11-21(24)29-20(18)10-15)13-28-22(25)19-12-17(8-6-14(19)2)30(26,27)23(3)4/h6-12H,5,13H2,1-4H3. The molecule has 0 saturated carbocycles. The van der Waals surface area contributed by atoms with Crippen molar-refractivity contribution in [1.82, 2.24) is 4.31 Å². The van der Waals surface area contributed by atoms with Gasteiger partial charge < -0.3 is 9.15 Å². The van der Waals surface area contributed by atoms with Gasteiger partial charge in [-0.25, -0.2) is 22.3 Å². The highest BCUT2D eigenvalue weighted by atomic mass is 32.2. The molecule has 3 rings (SSSR count). The molecule has 3 aromatic rings. The summed E-state index contributed by atoms with van der Waals surface area (Å²) in [6, 6.07) is 11.2. The summed E-state index contributed by atoms with van der Waals surface area (Å²) in [4.78, 5) is 24.6. The Bertz CT molecular complexity index is 1270. The van der Waals surface area contributed by atoms with Crippen LogP contribution >= 0.6 is 0 Å². The Labute approximate surface area is 174 Å². The van der Waals surface area contributed by atoms with E-state index in [-0.39, 0.29) is 17.1 Å². The maximum Gasteiger partial charge on any atom is 0.338 e. The van der Waals surface area contributed by atoms with Crippen LogP contribution in [0.2, 0.25) is 0 Å². The van der Waals surface area contributed by atoms with Crippen LogP contribution in [-0.2, 0) is 27.8 Å². The summed E-state index contributed by atoms with van der Waals surface area (Å²) in [6.45, 7) is 3.55. The van der Waals surface area contributed by atoms with Crippen molar-refractivity contribution in [2.75, 3.05) is 14.1 Å². The van der Waals surface area contributed by atoms with Gasteiger partial charge in [0, 0.05) is 31.1 Å². The fourth-order valence-electron chi connectivity index (χ4n) is 3.03. The van der Waals surface area contributed by atoms with Crippen LogP contribution in [0.3, 0.4) is 0 Å². The molecule has 158 valence electrons. The number of esters is 1. The smallest absolute Gasteiger partial charge is 0.338 e. The van der Waals surface area contributed by atoms with Crippen LogP contribution in [0, 0.1) is 6.92 Å².